The topological polar surface area (TPSA) is 92.4 Å². The van der Waals surface area contributed by atoms with Crippen LogP contribution in [0.4, 0.5) is 0 Å². The smallest absolute Gasteiger partial charge is 0.168 e. The summed E-state index contributed by atoms with van der Waals surface area (Å²) in [5.41, 5.74) is 1.75. The van der Waals surface area contributed by atoms with Crippen LogP contribution in [0.2, 0.25) is 0 Å². The number of rotatable bonds is 3. The summed E-state index contributed by atoms with van der Waals surface area (Å²) in [6, 6.07) is 0. The molecule has 24 heavy (non-hydrogen) atoms. The summed E-state index contributed by atoms with van der Waals surface area (Å²) < 4.78 is 7.61. The number of aryl methyl sites for hydroxylation is 2. The third-order valence-electron chi connectivity index (χ3n) is 4.27. The van der Waals surface area contributed by atoms with Crippen LogP contribution < -0.4 is 5.11 Å². The summed E-state index contributed by atoms with van der Waals surface area (Å²) in [5.74, 6) is 0.145. The van der Waals surface area contributed by atoms with E-state index in [1.54, 1.807) is 15.9 Å². The molecule has 0 saturated heterocycles. The number of carbonyl (C=O) groups excluding carboxylic acids is 1. The lowest BCUT2D eigenvalue weighted by atomic mass is 9.94. The van der Waals surface area contributed by atoms with Crippen molar-refractivity contribution >= 4 is 33.2 Å². The van der Waals surface area contributed by atoms with Crippen molar-refractivity contribution in [2.24, 2.45) is 0 Å². The van der Waals surface area contributed by atoms with Crippen molar-refractivity contribution in [2.45, 2.75) is 52.2 Å². The van der Waals surface area contributed by atoms with Crippen molar-refractivity contribution < 1.29 is 14.6 Å². The van der Waals surface area contributed by atoms with Gasteiger partial charge in [-0.2, -0.15) is 4.52 Å². The standard InChI is InChI=1S/C16H18N4O3S/c1-8-17-15-13(9-6-16(2,3)23-7-10(9)24-15)14-18-11(19-20(8)14)4-5-12(21)22/h4-7H2,1-3H3,(H,21,22)/p-1. The average Bonchev–Trinajstić information content (AvgIpc) is 3.05. The molecule has 0 radical (unpaired) electrons. The van der Waals surface area contributed by atoms with E-state index in [0.29, 0.717) is 12.4 Å². The molecule has 0 bridgehead atoms. The molecular weight excluding hydrogens is 328 g/mol. The zero-order chi connectivity index (χ0) is 17.1. The van der Waals surface area contributed by atoms with Crippen molar-refractivity contribution in [3.8, 4) is 0 Å². The Hall–Kier alpha value is -2.06. The Morgan fingerprint density at radius 2 is 2.21 bits per heavy atom. The van der Waals surface area contributed by atoms with Gasteiger partial charge in [0.25, 0.3) is 0 Å². The van der Waals surface area contributed by atoms with E-state index in [1.165, 1.54) is 10.4 Å². The fourth-order valence-corrected chi connectivity index (χ4v) is 4.25. The summed E-state index contributed by atoms with van der Waals surface area (Å²) in [6.45, 7) is 6.61. The number of ether oxygens (including phenoxy) is 1. The van der Waals surface area contributed by atoms with E-state index in [1.807, 2.05) is 6.92 Å². The molecule has 0 aliphatic carbocycles. The molecule has 4 rings (SSSR count). The minimum absolute atomic E-state index is 0.0882. The summed E-state index contributed by atoms with van der Waals surface area (Å²) in [6.07, 6.45) is 0.963. The Morgan fingerprint density at radius 3 is 2.96 bits per heavy atom. The maximum absolute atomic E-state index is 10.7. The Kier molecular flexibility index (Phi) is 3.36. The molecule has 0 unspecified atom stereocenters. The van der Waals surface area contributed by atoms with E-state index in [2.05, 4.69) is 28.9 Å². The first-order chi connectivity index (χ1) is 11.3. The first-order valence-corrected chi connectivity index (χ1v) is 8.66. The fourth-order valence-electron chi connectivity index (χ4n) is 3.10. The van der Waals surface area contributed by atoms with E-state index in [-0.39, 0.29) is 18.4 Å². The van der Waals surface area contributed by atoms with Gasteiger partial charge in [0, 0.05) is 23.7 Å². The Labute approximate surface area is 142 Å². The number of carboxylic acids is 1. The lowest BCUT2D eigenvalue weighted by Gasteiger charge is -2.30. The van der Waals surface area contributed by atoms with Gasteiger partial charge in [-0.3, -0.25) is 0 Å². The van der Waals surface area contributed by atoms with Gasteiger partial charge in [-0.15, -0.1) is 16.4 Å². The molecule has 0 amide bonds. The minimum atomic E-state index is -1.10. The second kappa shape index (κ2) is 5.22. The number of hydrogen-bond donors (Lipinski definition) is 0. The lowest BCUT2D eigenvalue weighted by Crippen LogP contribution is -2.31. The van der Waals surface area contributed by atoms with Gasteiger partial charge in [0.05, 0.1) is 17.6 Å². The molecule has 0 N–H and O–H groups in total. The van der Waals surface area contributed by atoms with Crippen LogP contribution in [0.25, 0.3) is 15.9 Å². The highest BCUT2D eigenvalue weighted by Crippen LogP contribution is 2.39. The van der Waals surface area contributed by atoms with Gasteiger partial charge in [0.15, 0.2) is 11.5 Å². The third-order valence-corrected chi connectivity index (χ3v) is 5.37. The number of aromatic nitrogens is 4. The molecule has 0 saturated carbocycles. The number of hydrogen-bond acceptors (Lipinski definition) is 7. The second-order valence-corrected chi connectivity index (χ2v) is 7.79. The second-order valence-electron chi connectivity index (χ2n) is 6.70. The van der Waals surface area contributed by atoms with Crippen LogP contribution in [-0.2, 0) is 29.0 Å². The lowest BCUT2D eigenvalue weighted by molar-refractivity contribution is -0.305. The number of nitrogens with zero attached hydrogens (tertiary/aromatic N) is 4. The molecule has 0 atom stereocenters. The summed E-state index contributed by atoms with van der Waals surface area (Å²) >= 11 is 1.64. The average molecular weight is 345 g/mol. The van der Waals surface area contributed by atoms with Gasteiger partial charge in [0.2, 0.25) is 0 Å². The van der Waals surface area contributed by atoms with E-state index in [0.717, 1.165) is 28.1 Å². The highest BCUT2D eigenvalue weighted by molar-refractivity contribution is 7.19. The molecule has 3 aromatic heterocycles. The van der Waals surface area contributed by atoms with Gasteiger partial charge in [-0.05, 0) is 32.8 Å². The Balaban J connectivity index is 1.92. The molecule has 0 spiro atoms. The minimum Gasteiger partial charge on any atom is -0.550 e. The zero-order valence-corrected chi connectivity index (χ0v) is 14.6. The first-order valence-electron chi connectivity index (χ1n) is 7.84. The molecule has 1 aliphatic heterocycles. The normalized spacial score (nSPS) is 16.6. The van der Waals surface area contributed by atoms with Crippen molar-refractivity contribution in [3.05, 3.63) is 22.1 Å². The predicted octanol–water partition coefficient (Wildman–Crippen LogP) is 1.18. The van der Waals surface area contributed by atoms with Gasteiger partial charge >= 0.3 is 0 Å². The van der Waals surface area contributed by atoms with Crippen LogP contribution in [0.15, 0.2) is 0 Å². The molecule has 126 valence electrons. The maximum atomic E-state index is 10.7. The van der Waals surface area contributed by atoms with E-state index in [4.69, 9.17) is 4.74 Å². The number of fused-ring (bicyclic) bond motifs is 5. The number of thiophene rings is 1. The van der Waals surface area contributed by atoms with Crippen LogP contribution in [-0.4, -0.2) is 31.2 Å². The van der Waals surface area contributed by atoms with E-state index < -0.39 is 5.97 Å². The molecule has 8 heteroatoms. The molecule has 1 aliphatic rings. The van der Waals surface area contributed by atoms with Crippen molar-refractivity contribution in [1.29, 1.82) is 0 Å². The van der Waals surface area contributed by atoms with E-state index >= 15 is 0 Å². The highest BCUT2D eigenvalue weighted by Gasteiger charge is 2.31. The van der Waals surface area contributed by atoms with Crippen LogP contribution in [0.1, 0.15) is 42.4 Å². The monoisotopic (exact) mass is 345 g/mol. The van der Waals surface area contributed by atoms with Gasteiger partial charge in [-0.25, -0.2) is 9.97 Å². The molecule has 0 fully saturated rings. The molecular formula is C16H17N4O3S-. The first kappa shape index (κ1) is 15.5. The van der Waals surface area contributed by atoms with Gasteiger partial charge < -0.3 is 14.6 Å². The molecule has 3 aromatic rings. The van der Waals surface area contributed by atoms with Crippen LogP contribution in [0.5, 0.6) is 0 Å². The van der Waals surface area contributed by atoms with Crippen LogP contribution in [0.3, 0.4) is 0 Å². The molecule has 4 heterocycles. The number of aliphatic carboxylic acids is 1. The van der Waals surface area contributed by atoms with Crippen LogP contribution >= 0.6 is 11.3 Å². The SMILES string of the molecule is Cc1nc2sc3c(c2c2nc(CCC(=O)[O-])nn12)CC(C)(C)OC3. The quantitative estimate of drug-likeness (QED) is 0.708. The van der Waals surface area contributed by atoms with E-state index in [9.17, 15) is 9.90 Å². The van der Waals surface area contributed by atoms with Crippen molar-refractivity contribution in [3.63, 3.8) is 0 Å². The van der Waals surface area contributed by atoms with Crippen LogP contribution in [0, 0.1) is 6.92 Å². The summed E-state index contributed by atoms with van der Waals surface area (Å²) in [4.78, 5) is 22.1. The summed E-state index contributed by atoms with van der Waals surface area (Å²) in [5, 5.41) is 16.1. The fraction of sp³-hybridized carbons (Fsp3) is 0.500. The molecule has 0 aromatic carbocycles. The number of carboxylic acid groups (broad SMARTS) is 1. The van der Waals surface area contributed by atoms with Gasteiger partial charge in [-0.1, -0.05) is 0 Å². The van der Waals surface area contributed by atoms with Gasteiger partial charge in [0.1, 0.15) is 10.7 Å². The maximum Gasteiger partial charge on any atom is 0.168 e. The molecule has 7 nitrogen and oxygen atoms in total. The number of carbonyl (C=O) groups is 1. The third kappa shape index (κ3) is 2.46. The van der Waals surface area contributed by atoms with Crippen molar-refractivity contribution in [2.75, 3.05) is 0 Å². The Bertz CT molecular complexity index is 973. The zero-order valence-electron chi connectivity index (χ0n) is 13.8. The highest BCUT2D eigenvalue weighted by atomic mass is 32.1. The Morgan fingerprint density at radius 1 is 1.42 bits per heavy atom. The van der Waals surface area contributed by atoms with Crippen molar-refractivity contribution in [1.82, 2.24) is 19.6 Å². The predicted molar refractivity (Wildman–Crippen MR) is 86.8 cm³/mol. The summed E-state index contributed by atoms with van der Waals surface area (Å²) in [7, 11) is 0. The largest absolute Gasteiger partial charge is 0.550 e.